The third-order valence-corrected chi connectivity index (χ3v) is 5.29. The molecule has 2 N–H and O–H groups in total. The summed E-state index contributed by atoms with van der Waals surface area (Å²) in [6, 6.07) is 12.5. The molecule has 144 valence electrons. The van der Waals surface area contributed by atoms with Crippen LogP contribution in [-0.4, -0.2) is 32.2 Å². The molecule has 6 heteroatoms. The Balaban J connectivity index is 1.45. The molecule has 1 aliphatic heterocycles. The van der Waals surface area contributed by atoms with Gasteiger partial charge < -0.3 is 0 Å². The van der Waals surface area contributed by atoms with Gasteiger partial charge in [-0.05, 0) is 47.7 Å². The topological polar surface area (TPSA) is 69.9 Å². The molecule has 0 spiro atoms. The number of fused-ring (bicyclic) bond motifs is 2. The highest BCUT2D eigenvalue weighted by Crippen LogP contribution is 2.25. The minimum absolute atomic E-state index is 0.526. The van der Waals surface area contributed by atoms with Gasteiger partial charge in [0.2, 0.25) is 0 Å². The number of nitrogens with zero attached hydrogens (tertiary/aromatic N) is 3. The smallest absolute Gasteiger partial charge is 0.267 e. The van der Waals surface area contributed by atoms with Gasteiger partial charge in [0.1, 0.15) is 0 Å². The van der Waals surface area contributed by atoms with E-state index in [1.165, 1.54) is 34.0 Å². The summed E-state index contributed by atoms with van der Waals surface area (Å²) < 4.78 is 1.98. The predicted octanol–water partition coefficient (Wildman–Crippen LogP) is 2.97. The van der Waals surface area contributed by atoms with E-state index in [-0.39, 0.29) is 0 Å². The van der Waals surface area contributed by atoms with E-state index < -0.39 is 5.91 Å². The lowest BCUT2D eigenvalue weighted by Crippen LogP contribution is -2.19. The van der Waals surface area contributed by atoms with Gasteiger partial charge in [0.05, 0.1) is 11.2 Å². The Morgan fingerprint density at radius 2 is 2.11 bits per heavy atom. The van der Waals surface area contributed by atoms with E-state index in [2.05, 4.69) is 36.1 Å². The number of nitrogens with one attached hydrogen (secondary N) is 1. The molecule has 3 aromatic rings. The first-order valence-corrected chi connectivity index (χ1v) is 9.59. The molecule has 0 bridgehead atoms. The summed E-state index contributed by atoms with van der Waals surface area (Å²) in [4.78, 5) is 13.6. The van der Waals surface area contributed by atoms with Crippen LogP contribution in [0.5, 0.6) is 0 Å². The molecule has 3 heterocycles. The summed E-state index contributed by atoms with van der Waals surface area (Å²) in [5.74, 6) is -0.526. The second-order valence-corrected chi connectivity index (χ2v) is 7.11. The molecule has 0 saturated heterocycles. The van der Waals surface area contributed by atoms with Gasteiger partial charge in [0.25, 0.3) is 5.91 Å². The Morgan fingerprint density at radius 3 is 2.93 bits per heavy atom. The molecule has 0 radical (unpaired) electrons. The number of carbonyl (C=O) groups excluding carboxylic acids is 1. The monoisotopic (exact) mass is 376 g/mol. The van der Waals surface area contributed by atoms with Crippen molar-refractivity contribution in [2.24, 2.45) is 0 Å². The first kappa shape index (κ1) is 18.4. The maximum Gasteiger partial charge on any atom is 0.267 e. The van der Waals surface area contributed by atoms with Crippen LogP contribution in [0.4, 0.5) is 0 Å². The van der Waals surface area contributed by atoms with Gasteiger partial charge in [-0.3, -0.25) is 14.9 Å². The first-order valence-electron chi connectivity index (χ1n) is 9.59. The second kappa shape index (κ2) is 7.96. The van der Waals surface area contributed by atoms with Crippen molar-refractivity contribution in [2.75, 3.05) is 6.54 Å². The fraction of sp³-hybridized carbons (Fsp3) is 0.273. The molecule has 4 rings (SSSR count). The third-order valence-electron chi connectivity index (χ3n) is 5.29. The van der Waals surface area contributed by atoms with Crippen LogP contribution in [-0.2, 0) is 30.7 Å². The van der Waals surface area contributed by atoms with E-state index >= 15 is 0 Å². The number of pyridine rings is 1. The number of hydrogen-bond donors (Lipinski definition) is 2. The average molecular weight is 376 g/mol. The lowest BCUT2D eigenvalue weighted by Gasteiger charge is -2.14. The first-order chi connectivity index (χ1) is 13.7. The molecule has 0 aliphatic carbocycles. The Morgan fingerprint density at radius 1 is 1.25 bits per heavy atom. The van der Waals surface area contributed by atoms with Gasteiger partial charge >= 0.3 is 0 Å². The van der Waals surface area contributed by atoms with Gasteiger partial charge in [-0.1, -0.05) is 31.2 Å². The number of aryl methyl sites for hydroxylation is 1. The number of carbonyl (C=O) groups is 1. The minimum atomic E-state index is -0.526. The van der Waals surface area contributed by atoms with Crippen LogP contribution < -0.4 is 5.48 Å². The second-order valence-electron chi connectivity index (χ2n) is 7.11. The number of rotatable bonds is 6. The Kier molecular flexibility index (Phi) is 5.23. The molecular formula is C22H24N4O2. The van der Waals surface area contributed by atoms with E-state index in [1.807, 2.05) is 22.8 Å². The van der Waals surface area contributed by atoms with Crippen molar-refractivity contribution in [1.29, 1.82) is 0 Å². The van der Waals surface area contributed by atoms with Gasteiger partial charge in [0, 0.05) is 37.5 Å². The molecule has 1 aliphatic rings. The normalized spacial score (nSPS) is 14.1. The molecule has 1 aromatic carbocycles. The fourth-order valence-electron chi connectivity index (χ4n) is 3.88. The van der Waals surface area contributed by atoms with Crippen LogP contribution in [0, 0.1) is 0 Å². The van der Waals surface area contributed by atoms with Crippen molar-refractivity contribution < 1.29 is 10.0 Å². The zero-order valence-corrected chi connectivity index (χ0v) is 15.9. The van der Waals surface area contributed by atoms with Crippen molar-refractivity contribution in [3.63, 3.8) is 0 Å². The third kappa shape index (κ3) is 3.69. The highest BCUT2D eigenvalue weighted by atomic mass is 16.5. The number of aromatic nitrogens is 2. The van der Waals surface area contributed by atoms with Crippen LogP contribution in [0.15, 0.2) is 48.7 Å². The number of amides is 1. The van der Waals surface area contributed by atoms with Crippen molar-refractivity contribution in [2.45, 2.75) is 32.9 Å². The number of benzene rings is 1. The van der Waals surface area contributed by atoms with Gasteiger partial charge in [-0.15, -0.1) is 0 Å². The van der Waals surface area contributed by atoms with Crippen LogP contribution in [0.25, 0.3) is 11.6 Å². The maximum atomic E-state index is 11.2. The fourth-order valence-corrected chi connectivity index (χ4v) is 3.88. The van der Waals surface area contributed by atoms with Crippen molar-refractivity contribution in [3.8, 4) is 0 Å². The molecule has 0 saturated carbocycles. The lowest BCUT2D eigenvalue weighted by atomic mass is 10.1. The number of hydrogen-bond acceptors (Lipinski definition) is 4. The zero-order valence-electron chi connectivity index (χ0n) is 15.9. The van der Waals surface area contributed by atoms with Crippen molar-refractivity contribution in [1.82, 2.24) is 20.0 Å². The molecule has 6 nitrogen and oxygen atoms in total. The Bertz CT molecular complexity index is 1040. The van der Waals surface area contributed by atoms with Crippen LogP contribution in [0.1, 0.15) is 34.9 Å². The molecule has 1 amide bonds. The highest BCUT2D eigenvalue weighted by molar-refractivity contribution is 5.90. The van der Waals surface area contributed by atoms with E-state index in [0.717, 1.165) is 38.0 Å². The predicted molar refractivity (Wildman–Crippen MR) is 108 cm³/mol. The van der Waals surface area contributed by atoms with Crippen molar-refractivity contribution in [3.05, 3.63) is 76.6 Å². The standard InChI is InChI=1S/C22H24N4O2/c1-2-20-19(21-5-3-4-11-26(21)23-20)10-12-25-14-17-8-6-16(13-18(17)15-25)7-9-22(27)24-28/h3-9,11,13,28H,2,10,12,14-15H2,1H3,(H,24,27)/b9-7+. The number of hydroxylamine groups is 1. The highest BCUT2D eigenvalue weighted by Gasteiger charge is 2.20. The SMILES string of the molecule is CCc1nn2ccccc2c1CCN1Cc2ccc(/C=C/C(=O)NO)cc2C1. The molecule has 28 heavy (non-hydrogen) atoms. The summed E-state index contributed by atoms with van der Waals surface area (Å²) in [6.45, 7) is 4.99. The summed E-state index contributed by atoms with van der Waals surface area (Å²) in [5, 5.41) is 13.3. The summed E-state index contributed by atoms with van der Waals surface area (Å²) in [7, 11) is 0. The van der Waals surface area contributed by atoms with Gasteiger partial charge in [-0.2, -0.15) is 5.10 Å². The summed E-state index contributed by atoms with van der Waals surface area (Å²) in [5.41, 5.74) is 8.91. The molecule has 0 fully saturated rings. The Labute approximate surface area is 164 Å². The molecule has 2 aromatic heterocycles. The van der Waals surface area contributed by atoms with E-state index in [0.29, 0.717) is 0 Å². The maximum absolute atomic E-state index is 11.2. The minimum Gasteiger partial charge on any atom is -0.294 e. The quantitative estimate of drug-likeness (QED) is 0.394. The molecular weight excluding hydrogens is 352 g/mol. The lowest BCUT2D eigenvalue weighted by molar-refractivity contribution is -0.124. The molecule has 0 atom stereocenters. The zero-order chi connectivity index (χ0) is 19.5. The van der Waals surface area contributed by atoms with E-state index in [1.54, 1.807) is 11.6 Å². The average Bonchev–Trinajstić information content (AvgIpc) is 3.30. The Hall–Kier alpha value is -2.96. The largest absolute Gasteiger partial charge is 0.294 e. The molecule has 0 unspecified atom stereocenters. The summed E-state index contributed by atoms with van der Waals surface area (Å²) >= 11 is 0. The van der Waals surface area contributed by atoms with E-state index in [4.69, 9.17) is 10.3 Å². The van der Waals surface area contributed by atoms with Gasteiger partial charge in [0.15, 0.2) is 0 Å². The van der Waals surface area contributed by atoms with Crippen LogP contribution >= 0.6 is 0 Å². The van der Waals surface area contributed by atoms with Crippen LogP contribution in [0.3, 0.4) is 0 Å². The van der Waals surface area contributed by atoms with E-state index in [9.17, 15) is 4.79 Å². The van der Waals surface area contributed by atoms with Crippen molar-refractivity contribution >= 4 is 17.5 Å². The van der Waals surface area contributed by atoms with Gasteiger partial charge in [-0.25, -0.2) is 10.00 Å². The van der Waals surface area contributed by atoms with Crippen LogP contribution in [0.2, 0.25) is 0 Å². The summed E-state index contributed by atoms with van der Waals surface area (Å²) in [6.07, 6.45) is 6.96.